The van der Waals surface area contributed by atoms with Crippen molar-refractivity contribution in [2.24, 2.45) is 7.05 Å². The van der Waals surface area contributed by atoms with Crippen LogP contribution in [-0.2, 0) is 21.9 Å². The van der Waals surface area contributed by atoms with Crippen LogP contribution in [0.4, 0.5) is 11.4 Å². The molecule has 1 heterocycles. The highest BCUT2D eigenvalue weighted by Gasteiger charge is 2.32. The van der Waals surface area contributed by atoms with Crippen LogP contribution in [0.2, 0.25) is 0 Å². The summed E-state index contributed by atoms with van der Waals surface area (Å²) in [5.41, 5.74) is 1.34. The lowest BCUT2D eigenvalue weighted by Gasteiger charge is -2.29. The van der Waals surface area contributed by atoms with E-state index in [1.165, 1.54) is 4.68 Å². The third-order valence-electron chi connectivity index (χ3n) is 5.14. The summed E-state index contributed by atoms with van der Waals surface area (Å²) in [6, 6.07) is 16.5. The topological polar surface area (TPSA) is 93.4 Å². The Labute approximate surface area is 181 Å². The van der Waals surface area contributed by atoms with E-state index < -0.39 is 22.0 Å². The van der Waals surface area contributed by atoms with E-state index in [9.17, 15) is 18.0 Å². The molecule has 0 fully saturated rings. The Morgan fingerprint density at radius 3 is 2.13 bits per heavy atom. The maximum Gasteiger partial charge on any atom is 0.295 e. The van der Waals surface area contributed by atoms with Crippen LogP contribution < -0.4 is 15.2 Å². The van der Waals surface area contributed by atoms with Crippen molar-refractivity contribution in [2.45, 2.75) is 26.3 Å². The third-order valence-corrected chi connectivity index (χ3v) is 6.32. The Hall–Kier alpha value is -3.33. The molecule has 0 aliphatic rings. The number of benzene rings is 2. The number of sulfonamides is 1. The molecule has 0 spiro atoms. The molecule has 8 nitrogen and oxygen atoms in total. The summed E-state index contributed by atoms with van der Waals surface area (Å²) in [4.78, 5) is 26.3. The lowest BCUT2D eigenvalue weighted by molar-refractivity contribution is -0.117. The fourth-order valence-corrected chi connectivity index (χ4v) is 4.77. The molecule has 1 amide bonds. The van der Waals surface area contributed by atoms with E-state index >= 15 is 0 Å². The fraction of sp³-hybridized carbons (Fsp3) is 0.273. The molecule has 0 saturated heterocycles. The first kappa shape index (κ1) is 22.4. The van der Waals surface area contributed by atoms with Gasteiger partial charge in [0.25, 0.3) is 5.56 Å². The molecule has 1 aromatic heterocycles. The average Bonchev–Trinajstić information content (AvgIpc) is 2.95. The van der Waals surface area contributed by atoms with Gasteiger partial charge in [-0.2, -0.15) is 0 Å². The Morgan fingerprint density at radius 2 is 1.61 bits per heavy atom. The molecule has 0 bridgehead atoms. The number of hydrogen-bond donors (Lipinski definition) is 1. The monoisotopic (exact) mass is 442 g/mol. The lowest BCUT2D eigenvalue weighted by atomic mass is 10.2. The van der Waals surface area contributed by atoms with Crippen LogP contribution in [0.25, 0.3) is 5.69 Å². The van der Waals surface area contributed by atoms with Crippen LogP contribution in [0, 0.1) is 6.92 Å². The van der Waals surface area contributed by atoms with Gasteiger partial charge in [-0.15, -0.1) is 0 Å². The van der Waals surface area contributed by atoms with E-state index in [0.717, 1.165) is 10.6 Å². The summed E-state index contributed by atoms with van der Waals surface area (Å²) in [5, 5.41) is 2.68. The van der Waals surface area contributed by atoms with Gasteiger partial charge in [0.1, 0.15) is 11.7 Å². The van der Waals surface area contributed by atoms with Crippen molar-refractivity contribution in [3.63, 3.8) is 0 Å². The standard InChI is InChI=1S/C22H26N4O4S/c1-5-19(26(31(4,29)30)18-14-10-7-11-15-18)21(27)23-20-16(2)24(3)25(22(20)28)17-12-8-6-9-13-17/h6-15,19H,5H2,1-4H3,(H,23,27)/t19-/m0/s1. The summed E-state index contributed by atoms with van der Waals surface area (Å²) in [6.45, 7) is 3.45. The van der Waals surface area contributed by atoms with Gasteiger partial charge in [-0.3, -0.25) is 18.6 Å². The number of anilines is 2. The smallest absolute Gasteiger partial charge is 0.295 e. The maximum atomic E-state index is 13.2. The summed E-state index contributed by atoms with van der Waals surface area (Å²) >= 11 is 0. The Balaban J connectivity index is 2.01. The third kappa shape index (κ3) is 4.41. The quantitative estimate of drug-likeness (QED) is 0.609. The highest BCUT2D eigenvalue weighted by molar-refractivity contribution is 7.92. The van der Waals surface area contributed by atoms with Crippen LogP contribution in [0.1, 0.15) is 19.0 Å². The van der Waals surface area contributed by atoms with E-state index in [-0.39, 0.29) is 17.7 Å². The Morgan fingerprint density at radius 1 is 1.06 bits per heavy atom. The molecule has 0 aliphatic heterocycles. The number of para-hydroxylation sites is 2. The predicted octanol–water partition coefficient (Wildman–Crippen LogP) is 2.67. The van der Waals surface area contributed by atoms with Gasteiger partial charge in [-0.25, -0.2) is 13.1 Å². The molecule has 1 atom stereocenters. The van der Waals surface area contributed by atoms with Crippen LogP contribution in [-0.4, -0.2) is 36.0 Å². The first-order valence-corrected chi connectivity index (χ1v) is 11.7. The number of carbonyl (C=O) groups excluding carboxylic acids is 1. The molecule has 3 aromatic rings. The number of hydrogen-bond acceptors (Lipinski definition) is 4. The van der Waals surface area contributed by atoms with E-state index in [1.807, 2.05) is 18.2 Å². The first-order valence-electron chi connectivity index (χ1n) is 9.86. The minimum absolute atomic E-state index is 0.122. The molecular weight excluding hydrogens is 416 g/mol. The second kappa shape index (κ2) is 8.81. The molecule has 0 unspecified atom stereocenters. The number of carbonyl (C=O) groups is 1. The molecule has 31 heavy (non-hydrogen) atoms. The highest BCUT2D eigenvalue weighted by atomic mass is 32.2. The molecule has 9 heteroatoms. The summed E-state index contributed by atoms with van der Waals surface area (Å²) in [7, 11) is -2.02. The second-order valence-corrected chi connectivity index (χ2v) is 9.10. The Kier molecular flexibility index (Phi) is 6.35. The van der Waals surface area contributed by atoms with Gasteiger partial charge < -0.3 is 5.32 Å². The molecule has 3 rings (SSSR count). The van der Waals surface area contributed by atoms with Gasteiger partial charge in [-0.1, -0.05) is 43.3 Å². The number of rotatable bonds is 7. The minimum Gasteiger partial charge on any atom is -0.318 e. The van der Waals surface area contributed by atoms with Crippen molar-refractivity contribution >= 4 is 27.3 Å². The lowest BCUT2D eigenvalue weighted by Crippen LogP contribution is -2.47. The number of aromatic nitrogens is 2. The average molecular weight is 443 g/mol. The van der Waals surface area contributed by atoms with Crippen LogP contribution in [0.3, 0.4) is 0 Å². The van der Waals surface area contributed by atoms with Crippen LogP contribution >= 0.6 is 0 Å². The van der Waals surface area contributed by atoms with Gasteiger partial charge >= 0.3 is 0 Å². The number of nitrogens with one attached hydrogen (secondary N) is 1. The zero-order chi connectivity index (χ0) is 22.8. The predicted molar refractivity (Wildman–Crippen MR) is 122 cm³/mol. The zero-order valence-corrected chi connectivity index (χ0v) is 18.8. The summed E-state index contributed by atoms with van der Waals surface area (Å²) < 4.78 is 29.3. The zero-order valence-electron chi connectivity index (χ0n) is 17.9. The Bertz CT molecular complexity index is 1230. The van der Waals surface area contributed by atoms with Crippen molar-refractivity contribution in [2.75, 3.05) is 15.9 Å². The number of amides is 1. The summed E-state index contributed by atoms with van der Waals surface area (Å²) in [6.07, 6.45) is 1.29. The molecule has 2 aromatic carbocycles. The molecule has 0 aliphatic carbocycles. The molecule has 0 saturated carbocycles. The SMILES string of the molecule is CC[C@@H](C(=O)Nc1c(C)n(C)n(-c2ccccc2)c1=O)N(c1ccccc1)S(C)(=O)=O. The van der Waals surface area contributed by atoms with Crippen molar-refractivity contribution in [1.82, 2.24) is 9.36 Å². The van der Waals surface area contributed by atoms with E-state index in [0.29, 0.717) is 17.1 Å². The van der Waals surface area contributed by atoms with Crippen molar-refractivity contribution in [3.05, 3.63) is 76.7 Å². The molecule has 164 valence electrons. The highest BCUT2D eigenvalue weighted by Crippen LogP contribution is 2.23. The van der Waals surface area contributed by atoms with E-state index in [4.69, 9.17) is 0 Å². The van der Waals surface area contributed by atoms with Gasteiger partial charge in [0.15, 0.2) is 0 Å². The largest absolute Gasteiger partial charge is 0.318 e. The molecule has 0 radical (unpaired) electrons. The fourth-order valence-electron chi connectivity index (χ4n) is 3.55. The van der Waals surface area contributed by atoms with Gasteiger partial charge in [0, 0.05) is 7.05 Å². The molecule has 1 N–H and O–H groups in total. The second-order valence-electron chi connectivity index (χ2n) is 7.24. The van der Waals surface area contributed by atoms with Gasteiger partial charge in [-0.05, 0) is 37.6 Å². The van der Waals surface area contributed by atoms with Crippen molar-refractivity contribution in [1.29, 1.82) is 0 Å². The van der Waals surface area contributed by atoms with E-state index in [2.05, 4.69) is 5.32 Å². The van der Waals surface area contributed by atoms with Gasteiger partial charge in [0.2, 0.25) is 15.9 Å². The minimum atomic E-state index is -3.75. The van der Waals surface area contributed by atoms with Crippen LogP contribution in [0.15, 0.2) is 65.5 Å². The van der Waals surface area contributed by atoms with Crippen molar-refractivity contribution in [3.8, 4) is 5.69 Å². The van der Waals surface area contributed by atoms with Gasteiger partial charge in [0.05, 0.1) is 23.3 Å². The summed E-state index contributed by atoms with van der Waals surface area (Å²) in [5.74, 6) is -0.567. The van der Waals surface area contributed by atoms with Crippen molar-refractivity contribution < 1.29 is 13.2 Å². The first-order chi connectivity index (χ1) is 14.7. The number of nitrogens with zero attached hydrogens (tertiary/aromatic N) is 3. The molecular formula is C22H26N4O4S. The van der Waals surface area contributed by atoms with Crippen LogP contribution in [0.5, 0.6) is 0 Å². The van der Waals surface area contributed by atoms with E-state index in [1.54, 1.807) is 68.0 Å². The normalized spacial score (nSPS) is 12.4. The maximum absolute atomic E-state index is 13.2.